The van der Waals surface area contributed by atoms with Crippen LogP contribution in [0.2, 0.25) is 5.02 Å². The summed E-state index contributed by atoms with van der Waals surface area (Å²) in [7, 11) is 0. The highest BCUT2D eigenvalue weighted by Crippen LogP contribution is 2.31. The summed E-state index contributed by atoms with van der Waals surface area (Å²) in [4.78, 5) is 8.57. The van der Waals surface area contributed by atoms with Gasteiger partial charge < -0.3 is 11.1 Å². The fourth-order valence-corrected chi connectivity index (χ4v) is 2.77. The number of nitrogen functional groups attached to an aromatic ring is 1. The lowest BCUT2D eigenvalue weighted by Crippen LogP contribution is -2.10. The maximum Gasteiger partial charge on any atom is 0.153 e. The Morgan fingerprint density at radius 1 is 1.12 bits per heavy atom. The van der Waals surface area contributed by atoms with Crippen molar-refractivity contribution >= 4 is 23.1 Å². The quantitative estimate of drug-likeness (QED) is 0.675. The molecule has 1 heterocycles. The summed E-state index contributed by atoms with van der Waals surface area (Å²) in [5.41, 5.74) is 7.66. The van der Waals surface area contributed by atoms with Crippen LogP contribution in [0.5, 0.6) is 0 Å². The molecule has 4 nitrogen and oxygen atoms in total. The van der Waals surface area contributed by atoms with Gasteiger partial charge in [-0.1, -0.05) is 29.8 Å². The first kappa shape index (κ1) is 16.2. The maximum absolute atomic E-state index is 14.2. The number of hydrogen-bond donors (Lipinski definition) is 2. The number of benzene rings is 2. The molecule has 3 N–H and O–H groups in total. The van der Waals surface area contributed by atoms with Crippen LogP contribution in [0.4, 0.5) is 15.9 Å². The molecule has 0 aliphatic rings. The molecule has 0 aliphatic heterocycles. The largest absolute Gasteiger partial charge is 0.399 e. The van der Waals surface area contributed by atoms with E-state index in [2.05, 4.69) is 15.3 Å². The van der Waals surface area contributed by atoms with Crippen LogP contribution in [0.25, 0.3) is 11.3 Å². The Labute approximate surface area is 144 Å². The maximum atomic E-state index is 14.2. The van der Waals surface area contributed by atoms with Crippen molar-refractivity contribution in [2.45, 2.75) is 13.0 Å². The van der Waals surface area contributed by atoms with Crippen molar-refractivity contribution < 1.29 is 4.39 Å². The first-order valence-electron chi connectivity index (χ1n) is 7.43. The SMILES string of the molecule is C[C@H](Nc1nccnc1-c1ccc(N)cc1F)c1ccccc1Cl. The van der Waals surface area contributed by atoms with Gasteiger partial charge in [0, 0.05) is 28.7 Å². The molecule has 122 valence electrons. The highest BCUT2D eigenvalue weighted by Gasteiger charge is 2.16. The third-order valence-corrected chi connectivity index (χ3v) is 4.02. The molecule has 0 radical (unpaired) electrons. The van der Waals surface area contributed by atoms with Gasteiger partial charge in [-0.15, -0.1) is 0 Å². The minimum Gasteiger partial charge on any atom is -0.399 e. The molecule has 0 saturated heterocycles. The van der Waals surface area contributed by atoms with Gasteiger partial charge in [0.25, 0.3) is 0 Å². The van der Waals surface area contributed by atoms with Crippen LogP contribution in [0.3, 0.4) is 0 Å². The molecular formula is C18H16ClFN4. The Hall–Kier alpha value is -2.66. The van der Waals surface area contributed by atoms with Gasteiger partial charge in [-0.25, -0.2) is 9.37 Å². The highest BCUT2D eigenvalue weighted by molar-refractivity contribution is 6.31. The smallest absolute Gasteiger partial charge is 0.153 e. The lowest BCUT2D eigenvalue weighted by Gasteiger charge is -2.18. The second-order valence-electron chi connectivity index (χ2n) is 5.38. The average molecular weight is 343 g/mol. The number of rotatable bonds is 4. The van der Waals surface area contributed by atoms with Crippen molar-refractivity contribution in [3.05, 3.63) is 71.3 Å². The highest BCUT2D eigenvalue weighted by atomic mass is 35.5. The second kappa shape index (κ2) is 6.84. The van der Waals surface area contributed by atoms with E-state index in [0.29, 0.717) is 27.8 Å². The predicted octanol–water partition coefficient (Wildman–Crippen LogP) is 4.69. The minimum absolute atomic E-state index is 0.119. The molecule has 6 heteroatoms. The first-order chi connectivity index (χ1) is 11.6. The fourth-order valence-electron chi connectivity index (χ4n) is 2.47. The van der Waals surface area contributed by atoms with E-state index in [1.54, 1.807) is 18.3 Å². The molecule has 0 spiro atoms. The number of nitrogens with one attached hydrogen (secondary N) is 1. The monoisotopic (exact) mass is 342 g/mol. The second-order valence-corrected chi connectivity index (χ2v) is 5.79. The Bertz CT molecular complexity index is 869. The van der Waals surface area contributed by atoms with E-state index in [4.69, 9.17) is 17.3 Å². The van der Waals surface area contributed by atoms with Crippen LogP contribution < -0.4 is 11.1 Å². The summed E-state index contributed by atoms with van der Waals surface area (Å²) in [6.45, 7) is 1.96. The lowest BCUT2D eigenvalue weighted by atomic mass is 10.1. The van der Waals surface area contributed by atoms with Crippen LogP contribution in [-0.4, -0.2) is 9.97 Å². The third kappa shape index (κ3) is 3.31. The van der Waals surface area contributed by atoms with Gasteiger partial charge in [0.1, 0.15) is 11.5 Å². The van der Waals surface area contributed by atoms with Crippen molar-refractivity contribution in [1.82, 2.24) is 9.97 Å². The summed E-state index contributed by atoms with van der Waals surface area (Å²) in [6.07, 6.45) is 3.08. The van der Waals surface area contributed by atoms with E-state index in [1.165, 1.54) is 12.3 Å². The Balaban J connectivity index is 1.97. The zero-order valence-corrected chi connectivity index (χ0v) is 13.8. The normalized spacial score (nSPS) is 12.0. The van der Waals surface area contributed by atoms with Crippen molar-refractivity contribution in [2.75, 3.05) is 11.1 Å². The Morgan fingerprint density at radius 2 is 1.88 bits per heavy atom. The molecule has 0 amide bonds. The van der Waals surface area contributed by atoms with Gasteiger partial charge in [-0.05, 0) is 36.8 Å². The molecule has 0 saturated carbocycles. The number of nitrogens with zero attached hydrogens (tertiary/aromatic N) is 2. The molecule has 3 rings (SSSR count). The van der Waals surface area contributed by atoms with Gasteiger partial charge >= 0.3 is 0 Å². The van der Waals surface area contributed by atoms with Crippen LogP contribution in [0, 0.1) is 5.82 Å². The van der Waals surface area contributed by atoms with Crippen molar-refractivity contribution in [2.24, 2.45) is 0 Å². The van der Waals surface area contributed by atoms with Gasteiger partial charge in [0.05, 0.1) is 6.04 Å². The summed E-state index contributed by atoms with van der Waals surface area (Å²) in [5, 5.41) is 3.91. The zero-order valence-electron chi connectivity index (χ0n) is 13.0. The predicted molar refractivity (Wildman–Crippen MR) is 95.3 cm³/mol. The summed E-state index contributed by atoms with van der Waals surface area (Å²) < 4.78 is 14.2. The lowest BCUT2D eigenvalue weighted by molar-refractivity contribution is 0.631. The van der Waals surface area contributed by atoms with E-state index in [9.17, 15) is 4.39 Å². The van der Waals surface area contributed by atoms with Crippen molar-refractivity contribution in [3.8, 4) is 11.3 Å². The van der Waals surface area contributed by atoms with E-state index in [-0.39, 0.29) is 6.04 Å². The van der Waals surface area contributed by atoms with Gasteiger partial charge in [0.2, 0.25) is 0 Å². The third-order valence-electron chi connectivity index (χ3n) is 3.67. The van der Waals surface area contributed by atoms with Crippen molar-refractivity contribution in [3.63, 3.8) is 0 Å². The van der Waals surface area contributed by atoms with E-state index >= 15 is 0 Å². The average Bonchev–Trinajstić information content (AvgIpc) is 2.56. The zero-order chi connectivity index (χ0) is 17.1. The summed E-state index contributed by atoms with van der Waals surface area (Å²) >= 11 is 6.23. The summed E-state index contributed by atoms with van der Waals surface area (Å²) in [5.74, 6) is 0.0394. The fraction of sp³-hybridized carbons (Fsp3) is 0.111. The van der Waals surface area contributed by atoms with Crippen LogP contribution in [0.15, 0.2) is 54.9 Å². The molecule has 24 heavy (non-hydrogen) atoms. The molecule has 0 bridgehead atoms. The molecule has 2 aromatic carbocycles. The molecular weight excluding hydrogens is 327 g/mol. The number of aromatic nitrogens is 2. The first-order valence-corrected chi connectivity index (χ1v) is 7.81. The molecule has 0 aliphatic carbocycles. The standard InChI is InChI=1S/C18H16ClFN4/c1-11(13-4-2-3-5-15(13)19)24-18-17(22-8-9-23-18)14-7-6-12(21)10-16(14)20/h2-11H,21H2,1H3,(H,23,24)/t11-/m0/s1. The van der Waals surface area contributed by atoms with E-state index in [1.807, 2.05) is 31.2 Å². The molecule has 0 fully saturated rings. The Morgan fingerprint density at radius 3 is 2.62 bits per heavy atom. The Kier molecular flexibility index (Phi) is 4.62. The molecule has 1 aromatic heterocycles. The number of nitrogens with two attached hydrogens (primary N) is 1. The topological polar surface area (TPSA) is 63.8 Å². The number of hydrogen-bond acceptors (Lipinski definition) is 4. The molecule has 3 aromatic rings. The van der Waals surface area contributed by atoms with E-state index < -0.39 is 5.82 Å². The number of anilines is 2. The van der Waals surface area contributed by atoms with Crippen LogP contribution in [-0.2, 0) is 0 Å². The summed E-state index contributed by atoms with van der Waals surface area (Å²) in [6, 6.07) is 11.9. The molecule has 1 atom stereocenters. The van der Waals surface area contributed by atoms with Crippen LogP contribution in [0.1, 0.15) is 18.5 Å². The van der Waals surface area contributed by atoms with Gasteiger partial charge in [-0.2, -0.15) is 0 Å². The van der Waals surface area contributed by atoms with Crippen LogP contribution >= 0.6 is 11.6 Å². The van der Waals surface area contributed by atoms with Gasteiger partial charge in [0.15, 0.2) is 5.82 Å². The van der Waals surface area contributed by atoms with Gasteiger partial charge in [-0.3, -0.25) is 4.98 Å². The minimum atomic E-state index is -0.441. The number of halogens is 2. The van der Waals surface area contributed by atoms with Crippen molar-refractivity contribution in [1.29, 1.82) is 0 Å². The molecule has 0 unspecified atom stereocenters. The van der Waals surface area contributed by atoms with E-state index in [0.717, 1.165) is 5.56 Å².